The highest BCUT2D eigenvalue weighted by atomic mass is 16.7. The minimum atomic E-state index is -0.510. The first-order valence-electron chi connectivity index (χ1n) is 9.20. The highest BCUT2D eigenvalue weighted by Crippen LogP contribution is 2.32. The number of hydrogen-bond donors (Lipinski definition) is 2. The molecule has 0 bridgehead atoms. The van der Waals surface area contributed by atoms with Crippen LogP contribution in [-0.2, 0) is 19.0 Å². The van der Waals surface area contributed by atoms with Gasteiger partial charge in [0.25, 0.3) is 5.91 Å². The second-order valence-corrected chi connectivity index (χ2v) is 6.24. The number of amides is 1. The highest BCUT2D eigenvalue weighted by Gasteiger charge is 2.28. The number of allylic oxidation sites excluding steroid dienone is 1. The van der Waals surface area contributed by atoms with Gasteiger partial charge in [-0.15, -0.1) is 0 Å². The molecule has 0 aliphatic carbocycles. The Labute approximate surface area is 160 Å². The molecule has 1 aromatic carbocycles. The van der Waals surface area contributed by atoms with Crippen LogP contribution in [0.1, 0.15) is 30.7 Å². The molecule has 0 saturated carbocycles. The normalized spacial score (nSPS) is 19.1. The summed E-state index contributed by atoms with van der Waals surface area (Å²) in [7, 11) is 3.21. The average Bonchev–Trinajstić information content (AvgIpc) is 2.71. The lowest BCUT2D eigenvalue weighted by Gasteiger charge is -2.29. The van der Waals surface area contributed by atoms with Gasteiger partial charge in [0.2, 0.25) is 6.29 Å². The molecular formula is C20H29NO6. The molecule has 0 aromatic heterocycles. The summed E-state index contributed by atoms with van der Waals surface area (Å²) in [4.78, 5) is 12.4. The van der Waals surface area contributed by atoms with Crippen LogP contribution < -0.4 is 10.1 Å². The zero-order valence-electron chi connectivity index (χ0n) is 16.0. The van der Waals surface area contributed by atoms with E-state index in [2.05, 4.69) is 5.32 Å². The lowest BCUT2D eigenvalue weighted by Crippen LogP contribution is -2.34. The third-order valence-electron chi connectivity index (χ3n) is 4.27. The standard InChI is InChI=1S/C20H29NO6/c1-24-12-9-21-20(23)18-13-16(15-5-7-17(25-2)8-6-15)14-19(27-18)26-11-4-3-10-22/h5-8,13,16,19,22H,3-4,9-12,14H2,1-2H3,(H,21,23)/t16-,19+/m1/s1. The first-order valence-corrected chi connectivity index (χ1v) is 9.20. The Morgan fingerprint density at radius 1 is 1.22 bits per heavy atom. The first-order chi connectivity index (χ1) is 13.2. The number of methoxy groups -OCH3 is 2. The molecule has 1 aromatic rings. The van der Waals surface area contributed by atoms with Crippen LogP contribution in [0.4, 0.5) is 0 Å². The molecule has 0 unspecified atom stereocenters. The van der Waals surface area contributed by atoms with Gasteiger partial charge in [0.15, 0.2) is 5.76 Å². The Kier molecular flexibility index (Phi) is 9.10. The van der Waals surface area contributed by atoms with E-state index >= 15 is 0 Å². The van der Waals surface area contributed by atoms with Crippen LogP contribution in [0.2, 0.25) is 0 Å². The molecule has 1 amide bonds. The van der Waals surface area contributed by atoms with Crippen molar-refractivity contribution in [3.63, 3.8) is 0 Å². The molecule has 1 aliphatic rings. The fraction of sp³-hybridized carbons (Fsp3) is 0.550. The van der Waals surface area contributed by atoms with Crippen LogP contribution in [0.5, 0.6) is 5.75 Å². The molecule has 2 rings (SSSR count). The molecule has 0 spiro atoms. The van der Waals surface area contributed by atoms with Crippen molar-refractivity contribution in [2.24, 2.45) is 0 Å². The zero-order chi connectivity index (χ0) is 19.5. The molecule has 2 atom stereocenters. The smallest absolute Gasteiger partial charge is 0.286 e. The Hall–Kier alpha value is -2.09. The predicted molar refractivity (Wildman–Crippen MR) is 100 cm³/mol. The van der Waals surface area contributed by atoms with Crippen molar-refractivity contribution in [1.29, 1.82) is 0 Å². The minimum absolute atomic E-state index is 0.00401. The quantitative estimate of drug-likeness (QED) is 0.572. The maximum Gasteiger partial charge on any atom is 0.286 e. The number of hydrogen-bond acceptors (Lipinski definition) is 6. The third kappa shape index (κ3) is 6.86. The van der Waals surface area contributed by atoms with E-state index in [9.17, 15) is 4.79 Å². The summed E-state index contributed by atoms with van der Waals surface area (Å²) in [5.74, 6) is 0.749. The monoisotopic (exact) mass is 379 g/mol. The molecule has 7 heteroatoms. The first kappa shape index (κ1) is 21.2. The van der Waals surface area contributed by atoms with E-state index in [4.69, 9.17) is 24.1 Å². The summed E-state index contributed by atoms with van der Waals surface area (Å²) >= 11 is 0. The van der Waals surface area contributed by atoms with Crippen molar-refractivity contribution in [2.75, 3.05) is 40.6 Å². The Morgan fingerprint density at radius 2 is 2.00 bits per heavy atom. The van der Waals surface area contributed by atoms with Crippen molar-refractivity contribution < 1.29 is 28.8 Å². The van der Waals surface area contributed by atoms with E-state index < -0.39 is 6.29 Å². The van der Waals surface area contributed by atoms with Crippen molar-refractivity contribution in [1.82, 2.24) is 5.32 Å². The molecule has 0 saturated heterocycles. The van der Waals surface area contributed by atoms with Crippen molar-refractivity contribution in [2.45, 2.75) is 31.5 Å². The van der Waals surface area contributed by atoms with Crippen LogP contribution in [0.25, 0.3) is 0 Å². The molecule has 27 heavy (non-hydrogen) atoms. The van der Waals surface area contributed by atoms with Crippen molar-refractivity contribution in [3.05, 3.63) is 41.7 Å². The number of rotatable bonds is 11. The second kappa shape index (κ2) is 11.6. The molecule has 150 valence electrons. The summed E-state index contributed by atoms with van der Waals surface area (Å²) < 4.78 is 21.7. The lowest BCUT2D eigenvalue weighted by atomic mass is 9.93. The Balaban J connectivity index is 2.08. The van der Waals surface area contributed by atoms with E-state index in [1.807, 2.05) is 30.3 Å². The van der Waals surface area contributed by atoms with Gasteiger partial charge in [0.05, 0.1) is 20.3 Å². The van der Waals surface area contributed by atoms with E-state index in [1.54, 1.807) is 14.2 Å². The number of carbonyl (C=O) groups is 1. The van der Waals surface area contributed by atoms with Crippen LogP contribution >= 0.6 is 0 Å². The van der Waals surface area contributed by atoms with E-state index in [-0.39, 0.29) is 24.2 Å². The van der Waals surface area contributed by atoms with Gasteiger partial charge in [0, 0.05) is 32.6 Å². The molecule has 0 fully saturated rings. The van der Waals surface area contributed by atoms with Gasteiger partial charge in [-0.3, -0.25) is 4.79 Å². The number of benzene rings is 1. The fourth-order valence-electron chi connectivity index (χ4n) is 2.78. The molecular weight excluding hydrogens is 350 g/mol. The second-order valence-electron chi connectivity index (χ2n) is 6.24. The Morgan fingerprint density at radius 3 is 2.67 bits per heavy atom. The number of nitrogens with one attached hydrogen (secondary N) is 1. The SMILES string of the molecule is COCCNC(=O)C1=C[C@@H](c2ccc(OC)cc2)C[C@@H](OCCCCO)O1. The predicted octanol–water partition coefficient (Wildman–Crippen LogP) is 1.96. The summed E-state index contributed by atoms with van der Waals surface area (Å²) in [6.45, 7) is 1.45. The maximum absolute atomic E-state index is 12.4. The van der Waals surface area contributed by atoms with Gasteiger partial charge in [0.1, 0.15) is 5.75 Å². The van der Waals surface area contributed by atoms with E-state index in [0.29, 0.717) is 32.6 Å². The van der Waals surface area contributed by atoms with E-state index in [0.717, 1.165) is 17.7 Å². The van der Waals surface area contributed by atoms with Gasteiger partial charge in [-0.25, -0.2) is 0 Å². The number of ether oxygens (including phenoxy) is 4. The number of aliphatic hydroxyl groups is 1. The van der Waals surface area contributed by atoms with Crippen molar-refractivity contribution in [3.8, 4) is 5.75 Å². The summed E-state index contributed by atoms with van der Waals surface area (Å²) in [6.07, 6.45) is 3.35. The molecule has 1 aliphatic heterocycles. The molecule has 1 heterocycles. The van der Waals surface area contributed by atoms with Gasteiger partial charge >= 0.3 is 0 Å². The maximum atomic E-state index is 12.4. The van der Waals surface area contributed by atoms with Crippen LogP contribution in [0.3, 0.4) is 0 Å². The van der Waals surface area contributed by atoms with Gasteiger partial charge in [-0.05, 0) is 36.6 Å². The number of unbranched alkanes of at least 4 members (excludes halogenated alkanes) is 1. The molecule has 0 radical (unpaired) electrons. The molecule has 2 N–H and O–H groups in total. The number of carbonyl (C=O) groups excluding carboxylic acids is 1. The zero-order valence-corrected chi connectivity index (χ0v) is 16.0. The van der Waals surface area contributed by atoms with Crippen LogP contribution in [-0.4, -0.2) is 57.9 Å². The number of aliphatic hydroxyl groups excluding tert-OH is 1. The summed E-state index contributed by atoms with van der Waals surface area (Å²) in [5.41, 5.74) is 1.06. The minimum Gasteiger partial charge on any atom is -0.497 e. The Bertz CT molecular complexity index is 601. The lowest BCUT2D eigenvalue weighted by molar-refractivity contribution is -0.146. The summed E-state index contributed by atoms with van der Waals surface area (Å²) in [5, 5.41) is 11.7. The topological polar surface area (TPSA) is 86.3 Å². The largest absolute Gasteiger partial charge is 0.497 e. The fourth-order valence-corrected chi connectivity index (χ4v) is 2.78. The van der Waals surface area contributed by atoms with Crippen LogP contribution in [0, 0.1) is 0 Å². The third-order valence-corrected chi connectivity index (χ3v) is 4.27. The van der Waals surface area contributed by atoms with E-state index in [1.165, 1.54) is 0 Å². The van der Waals surface area contributed by atoms with Crippen LogP contribution in [0.15, 0.2) is 36.1 Å². The summed E-state index contributed by atoms with van der Waals surface area (Å²) in [6, 6.07) is 7.76. The van der Waals surface area contributed by atoms with Crippen molar-refractivity contribution >= 4 is 5.91 Å². The highest BCUT2D eigenvalue weighted by molar-refractivity contribution is 5.91. The molecule has 7 nitrogen and oxygen atoms in total. The van der Waals surface area contributed by atoms with Gasteiger partial charge in [-0.2, -0.15) is 0 Å². The average molecular weight is 379 g/mol. The van der Waals surface area contributed by atoms with Gasteiger partial charge in [-0.1, -0.05) is 12.1 Å². The van der Waals surface area contributed by atoms with Gasteiger partial charge < -0.3 is 29.4 Å².